The van der Waals surface area contributed by atoms with E-state index in [1.165, 1.54) is 52.1 Å². The highest BCUT2D eigenvalue weighted by molar-refractivity contribution is 5.76. The standard InChI is InChI=1S/C14H25NO2/c1-3-6-12-7-4-5-10-15(12)13(11-8-9-11)14(16)17-2/h11-13H,3-10H2,1-2H3. The fourth-order valence-electron chi connectivity index (χ4n) is 3.16. The molecule has 1 saturated heterocycles. The van der Waals surface area contributed by atoms with Gasteiger partial charge in [0.25, 0.3) is 0 Å². The van der Waals surface area contributed by atoms with Crippen LogP contribution in [0.3, 0.4) is 0 Å². The number of nitrogens with zero attached hydrogens (tertiary/aromatic N) is 1. The van der Waals surface area contributed by atoms with E-state index in [1.807, 2.05) is 0 Å². The Hall–Kier alpha value is -0.570. The molecule has 2 aliphatic rings. The van der Waals surface area contributed by atoms with E-state index in [4.69, 9.17) is 4.74 Å². The number of carbonyl (C=O) groups excluding carboxylic acids is 1. The molecule has 1 heterocycles. The zero-order valence-corrected chi connectivity index (χ0v) is 11.2. The van der Waals surface area contributed by atoms with Crippen LogP contribution in [0.1, 0.15) is 51.9 Å². The molecule has 2 unspecified atom stereocenters. The number of methoxy groups -OCH3 is 1. The van der Waals surface area contributed by atoms with Crippen LogP contribution < -0.4 is 0 Å². The van der Waals surface area contributed by atoms with Crippen LogP contribution in [0.5, 0.6) is 0 Å². The first kappa shape index (κ1) is 12.9. The highest BCUT2D eigenvalue weighted by Crippen LogP contribution is 2.38. The Bertz CT molecular complexity index is 261. The number of likely N-dealkylation sites (tertiary alicyclic amines) is 1. The minimum Gasteiger partial charge on any atom is -0.468 e. The predicted octanol–water partition coefficient (Wildman–Crippen LogP) is 2.59. The summed E-state index contributed by atoms with van der Waals surface area (Å²) in [6.07, 6.45) is 8.65. The maximum Gasteiger partial charge on any atom is 0.323 e. The average Bonchev–Trinajstić information content (AvgIpc) is 3.16. The van der Waals surface area contributed by atoms with Gasteiger partial charge >= 0.3 is 5.97 Å². The number of ether oxygens (including phenoxy) is 1. The second kappa shape index (κ2) is 5.85. The van der Waals surface area contributed by atoms with E-state index in [-0.39, 0.29) is 12.0 Å². The Morgan fingerprint density at radius 3 is 2.71 bits per heavy atom. The van der Waals surface area contributed by atoms with Gasteiger partial charge in [-0.15, -0.1) is 0 Å². The van der Waals surface area contributed by atoms with Gasteiger partial charge in [0.15, 0.2) is 0 Å². The van der Waals surface area contributed by atoms with Gasteiger partial charge < -0.3 is 4.74 Å². The molecule has 2 fully saturated rings. The number of hydrogen-bond donors (Lipinski definition) is 0. The van der Waals surface area contributed by atoms with Crippen LogP contribution in [-0.4, -0.2) is 36.6 Å². The van der Waals surface area contributed by atoms with Gasteiger partial charge in [-0.2, -0.15) is 0 Å². The van der Waals surface area contributed by atoms with Crippen molar-refractivity contribution >= 4 is 5.97 Å². The Morgan fingerprint density at radius 2 is 2.12 bits per heavy atom. The minimum atomic E-state index is -0.00416. The van der Waals surface area contributed by atoms with Crippen molar-refractivity contribution in [3.05, 3.63) is 0 Å². The molecule has 0 amide bonds. The first-order chi connectivity index (χ1) is 8.27. The maximum atomic E-state index is 12.0. The summed E-state index contributed by atoms with van der Waals surface area (Å²) >= 11 is 0. The molecule has 0 bridgehead atoms. The van der Waals surface area contributed by atoms with Crippen LogP contribution in [0.25, 0.3) is 0 Å². The van der Waals surface area contributed by atoms with Crippen LogP contribution in [0.4, 0.5) is 0 Å². The molecule has 1 saturated carbocycles. The molecule has 0 spiro atoms. The van der Waals surface area contributed by atoms with Crippen LogP contribution >= 0.6 is 0 Å². The van der Waals surface area contributed by atoms with Crippen molar-refractivity contribution in [2.24, 2.45) is 5.92 Å². The van der Waals surface area contributed by atoms with E-state index in [9.17, 15) is 4.79 Å². The van der Waals surface area contributed by atoms with Crippen molar-refractivity contribution < 1.29 is 9.53 Å². The number of rotatable bonds is 5. The summed E-state index contributed by atoms with van der Waals surface area (Å²) in [5.41, 5.74) is 0. The second-order valence-electron chi connectivity index (χ2n) is 5.48. The molecule has 0 N–H and O–H groups in total. The van der Waals surface area contributed by atoms with Gasteiger partial charge in [-0.3, -0.25) is 9.69 Å². The number of esters is 1. The average molecular weight is 239 g/mol. The van der Waals surface area contributed by atoms with Crippen LogP contribution in [0.15, 0.2) is 0 Å². The van der Waals surface area contributed by atoms with Crippen molar-refractivity contribution in [2.75, 3.05) is 13.7 Å². The quantitative estimate of drug-likeness (QED) is 0.691. The molecule has 98 valence electrons. The van der Waals surface area contributed by atoms with E-state index in [2.05, 4.69) is 11.8 Å². The van der Waals surface area contributed by atoms with Crippen molar-refractivity contribution in [3.63, 3.8) is 0 Å². The van der Waals surface area contributed by atoms with Gasteiger partial charge in [0, 0.05) is 6.04 Å². The summed E-state index contributed by atoms with van der Waals surface area (Å²) in [6, 6.07) is 0.662. The summed E-state index contributed by atoms with van der Waals surface area (Å²) in [5, 5.41) is 0. The molecule has 0 radical (unpaired) electrons. The number of carbonyl (C=O) groups is 1. The van der Waals surface area contributed by atoms with E-state index in [1.54, 1.807) is 0 Å². The predicted molar refractivity (Wildman–Crippen MR) is 67.8 cm³/mol. The van der Waals surface area contributed by atoms with E-state index < -0.39 is 0 Å². The van der Waals surface area contributed by atoms with Crippen molar-refractivity contribution in [1.82, 2.24) is 4.90 Å². The third kappa shape index (κ3) is 3.01. The maximum absolute atomic E-state index is 12.0. The highest BCUT2D eigenvalue weighted by atomic mass is 16.5. The largest absolute Gasteiger partial charge is 0.468 e. The van der Waals surface area contributed by atoms with Gasteiger partial charge in [-0.25, -0.2) is 0 Å². The highest BCUT2D eigenvalue weighted by Gasteiger charge is 2.43. The van der Waals surface area contributed by atoms with Gasteiger partial charge in [0.05, 0.1) is 7.11 Å². The smallest absolute Gasteiger partial charge is 0.323 e. The van der Waals surface area contributed by atoms with Gasteiger partial charge in [-0.05, 0) is 44.6 Å². The van der Waals surface area contributed by atoms with Crippen molar-refractivity contribution in [1.29, 1.82) is 0 Å². The van der Waals surface area contributed by atoms with E-state index >= 15 is 0 Å². The lowest BCUT2D eigenvalue weighted by Crippen LogP contribution is -2.51. The van der Waals surface area contributed by atoms with Gasteiger partial charge in [-0.1, -0.05) is 19.8 Å². The molecule has 1 aliphatic heterocycles. The molecular formula is C14H25NO2. The first-order valence-corrected chi connectivity index (χ1v) is 7.11. The number of hydrogen-bond acceptors (Lipinski definition) is 3. The molecule has 0 aromatic rings. The van der Waals surface area contributed by atoms with Gasteiger partial charge in [0.2, 0.25) is 0 Å². The Balaban J connectivity index is 2.06. The van der Waals surface area contributed by atoms with E-state index in [0.29, 0.717) is 12.0 Å². The lowest BCUT2D eigenvalue weighted by Gasteiger charge is -2.40. The van der Waals surface area contributed by atoms with Gasteiger partial charge in [0.1, 0.15) is 6.04 Å². The number of piperidine rings is 1. The SMILES string of the molecule is CCCC1CCCCN1C(C(=O)OC)C1CC1. The van der Waals surface area contributed by atoms with Crippen molar-refractivity contribution in [3.8, 4) is 0 Å². The minimum absolute atomic E-state index is 0.00416. The molecule has 2 rings (SSSR count). The molecule has 3 nitrogen and oxygen atoms in total. The zero-order chi connectivity index (χ0) is 12.3. The molecule has 3 heteroatoms. The zero-order valence-electron chi connectivity index (χ0n) is 11.2. The monoisotopic (exact) mass is 239 g/mol. The third-order valence-electron chi connectivity index (χ3n) is 4.16. The summed E-state index contributed by atoms with van der Waals surface area (Å²) in [6.45, 7) is 3.32. The summed E-state index contributed by atoms with van der Waals surface area (Å²) in [4.78, 5) is 14.4. The molecule has 0 aromatic carbocycles. The lowest BCUT2D eigenvalue weighted by molar-refractivity contribution is -0.149. The molecule has 2 atom stereocenters. The first-order valence-electron chi connectivity index (χ1n) is 7.11. The van der Waals surface area contributed by atoms with Crippen LogP contribution in [0.2, 0.25) is 0 Å². The van der Waals surface area contributed by atoms with Crippen LogP contribution in [-0.2, 0) is 9.53 Å². The molecule has 1 aliphatic carbocycles. The van der Waals surface area contributed by atoms with Crippen molar-refractivity contribution in [2.45, 2.75) is 64.0 Å². The summed E-state index contributed by atoms with van der Waals surface area (Å²) in [5.74, 6) is 0.565. The Labute approximate surface area is 105 Å². The summed E-state index contributed by atoms with van der Waals surface area (Å²) < 4.78 is 5.01. The third-order valence-corrected chi connectivity index (χ3v) is 4.16. The van der Waals surface area contributed by atoms with E-state index in [0.717, 1.165) is 6.54 Å². The fourth-order valence-corrected chi connectivity index (χ4v) is 3.16. The topological polar surface area (TPSA) is 29.5 Å². The molecule has 17 heavy (non-hydrogen) atoms. The Kier molecular flexibility index (Phi) is 4.43. The Morgan fingerprint density at radius 1 is 1.35 bits per heavy atom. The molecular weight excluding hydrogens is 214 g/mol. The lowest BCUT2D eigenvalue weighted by atomic mass is 9.95. The van der Waals surface area contributed by atoms with Crippen LogP contribution in [0, 0.1) is 5.92 Å². The molecule has 0 aromatic heterocycles. The normalized spacial score (nSPS) is 27.8. The second-order valence-corrected chi connectivity index (χ2v) is 5.48. The fraction of sp³-hybridized carbons (Fsp3) is 0.929. The summed E-state index contributed by atoms with van der Waals surface area (Å²) in [7, 11) is 1.52.